The summed E-state index contributed by atoms with van der Waals surface area (Å²) in [6, 6.07) is 11.1. The van der Waals surface area contributed by atoms with Gasteiger partial charge in [-0.2, -0.15) is 0 Å². The minimum Gasteiger partial charge on any atom is -0.490 e. The number of halogens is 2. The molecule has 35 heavy (non-hydrogen) atoms. The molecule has 1 saturated heterocycles. The van der Waals surface area contributed by atoms with E-state index in [1.54, 1.807) is 18.5 Å². The fraction of sp³-hybridized carbons (Fsp3) is 0.320. The molecule has 2 heterocycles. The van der Waals surface area contributed by atoms with E-state index in [0.29, 0.717) is 48.6 Å². The lowest BCUT2D eigenvalue weighted by Gasteiger charge is -2.31. The van der Waals surface area contributed by atoms with Crippen LogP contribution in [0.25, 0.3) is 11.1 Å². The van der Waals surface area contributed by atoms with Crippen molar-refractivity contribution < 1.29 is 26.7 Å². The van der Waals surface area contributed by atoms with Crippen LogP contribution in [0.4, 0.5) is 8.78 Å². The highest BCUT2D eigenvalue weighted by Gasteiger charge is 2.26. The van der Waals surface area contributed by atoms with Crippen LogP contribution in [-0.4, -0.2) is 56.5 Å². The van der Waals surface area contributed by atoms with Gasteiger partial charge in [0.2, 0.25) is 10.0 Å². The molecule has 0 N–H and O–H groups in total. The Morgan fingerprint density at radius 3 is 2.34 bits per heavy atom. The average molecular weight is 521 g/mol. The summed E-state index contributed by atoms with van der Waals surface area (Å²) in [5.74, 6) is 0.0342. The van der Waals surface area contributed by atoms with Gasteiger partial charge in [0.15, 0.2) is 11.6 Å². The van der Waals surface area contributed by atoms with Gasteiger partial charge in [-0.05, 0) is 68.1 Å². The number of nitrogens with zero attached hydrogens (tertiary/aromatic N) is 2. The Bertz CT molecular complexity index is 1310. The van der Waals surface area contributed by atoms with Crippen LogP contribution >= 0.6 is 7.92 Å². The van der Waals surface area contributed by atoms with Gasteiger partial charge in [0.05, 0.1) is 12.5 Å². The van der Waals surface area contributed by atoms with E-state index in [1.165, 1.54) is 16.6 Å². The molecule has 10 heteroatoms. The van der Waals surface area contributed by atoms with Gasteiger partial charge in [0, 0.05) is 30.2 Å². The van der Waals surface area contributed by atoms with Gasteiger partial charge in [0.1, 0.15) is 23.4 Å². The summed E-state index contributed by atoms with van der Waals surface area (Å²) in [5, 5.41) is 1.03. The van der Waals surface area contributed by atoms with Crippen molar-refractivity contribution in [2.75, 3.05) is 32.7 Å². The molecule has 0 radical (unpaired) electrons. The number of benzene rings is 2. The summed E-state index contributed by atoms with van der Waals surface area (Å²) in [5.41, 5.74) is 1.11. The zero-order chi connectivity index (χ0) is 25.2. The zero-order valence-electron chi connectivity index (χ0n) is 19.7. The molecule has 0 amide bonds. The Hall–Kier alpha value is -2.61. The molecule has 0 unspecified atom stereocenters. The SMILES string of the molecule is CP(C)c1cc(Oc2cncc(-c3ccc(F)c(F)c3)c2)ccc1OC1CCN(S(C)(=O)=O)CC1. The summed E-state index contributed by atoms with van der Waals surface area (Å²) < 4.78 is 64.2. The third-order valence-electron chi connectivity index (χ3n) is 5.78. The molecule has 6 nitrogen and oxygen atoms in total. The number of piperidine rings is 1. The van der Waals surface area contributed by atoms with Crippen molar-refractivity contribution in [3.05, 3.63) is 66.5 Å². The molecule has 0 spiro atoms. The number of sulfonamides is 1. The fourth-order valence-electron chi connectivity index (χ4n) is 3.92. The lowest BCUT2D eigenvalue weighted by molar-refractivity contribution is 0.136. The van der Waals surface area contributed by atoms with Crippen LogP contribution in [0, 0.1) is 11.6 Å². The number of hydrogen-bond acceptors (Lipinski definition) is 5. The molecular formula is C25H27F2N2O4PS. The third kappa shape index (κ3) is 6.34. The molecule has 0 atom stereocenters. The van der Waals surface area contributed by atoms with Gasteiger partial charge >= 0.3 is 0 Å². The van der Waals surface area contributed by atoms with Gasteiger partial charge in [0.25, 0.3) is 0 Å². The van der Waals surface area contributed by atoms with Gasteiger partial charge in [-0.25, -0.2) is 21.5 Å². The number of aromatic nitrogens is 1. The van der Waals surface area contributed by atoms with Crippen molar-refractivity contribution in [2.45, 2.75) is 18.9 Å². The summed E-state index contributed by atoms with van der Waals surface area (Å²) in [6.45, 7) is 5.15. The molecule has 0 saturated carbocycles. The molecule has 3 aromatic rings. The van der Waals surface area contributed by atoms with Crippen molar-refractivity contribution in [2.24, 2.45) is 0 Å². The second-order valence-corrected chi connectivity index (χ2v) is 12.9. The van der Waals surface area contributed by atoms with Crippen molar-refractivity contribution in [1.29, 1.82) is 0 Å². The molecule has 1 aliphatic rings. The summed E-state index contributed by atoms with van der Waals surface area (Å²) in [4.78, 5) is 4.18. The Labute approximate surface area is 205 Å². The van der Waals surface area contributed by atoms with Crippen LogP contribution < -0.4 is 14.8 Å². The standard InChI is InChI=1S/C25H27F2N2O4PS/c1-34(2)25-14-20(5-7-24(25)33-19-8-10-29(11-9-19)35(3,30)31)32-21-12-18(15-28-16-21)17-4-6-22(26)23(27)13-17/h4-7,12-16,19H,8-11H2,1-3H3. The van der Waals surface area contributed by atoms with E-state index in [1.807, 2.05) is 18.2 Å². The average Bonchev–Trinajstić information content (AvgIpc) is 2.81. The monoisotopic (exact) mass is 520 g/mol. The van der Waals surface area contributed by atoms with E-state index >= 15 is 0 Å². The molecule has 1 aliphatic heterocycles. The topological polar surface area (TPSA) is 68.7 Å². The Morgan fingerprint density at radius 2 is 1.69 bits per heavy atom. The molecule has 1 fully saturated rings. The summed E-state index contributed by atoms with van der Waals surface area (Å²) in [6.07, 6.45) is 5.58. The summed E-state index contributed by atoms with van der Waals surface area (Å²) in [7, 11) is -3.69. The van der Waals surface area contributed by atoms with E-state index < -0.39 is 29.6 Å². The third-order valence-corrected chi connectivity index (χ3v) is 8.39. The molecule has 0 bridgehead atoms. The van der Waals surface area contributed by atoms with Crippen molar-refractivity contribution in [1.82, 2.24) is 9.29 Å². The highest BCUT2D eigenvalue weighted by molar-refractivity contribution is 7.88. The first-order valence-corrected chi connectivity index (χ1v) is 15.2. The smallest absolute Gasteiger partial charge is 0.211 e. The van der Waals surface area contributed by atoms with Crippen LogP contribution in [0.15, 0.2) is 54.9 Å². The Kier molecular flexibility index (Phi) is 7.69. The van der Waals surface area contributed by atoms with Gasteiger partial charge in [-0.3, -0.25) is 4.98 Å². The minimum absolute atomic E-state index is 0.0505. The van der Waals surface area contributed by atoms with E-state index in [-0.39, 0.29) is 6.10 Å². The Balaban J connectivity index is 1.49. The molecular weight excluding hydrogens is 493 g/mol. The highest BCUT2D eigenvalue weighted by atomic mass is 32.2. The fourth-order valence-corrected chi connectivity index (χ4v) is 5.74. The number of ether oxygens (including phenoxy) is 2. The number of pyridine rings is 1. The number of rotatable bonds is 7. The minimum atomic E-state index is -3.18. The van der Waals surface area contributed by atoms with Crippen LogP contribution in [-0.2, 0) is 10.0 Å². The van der Waals surface area contributed by atoms with Crippen molar-refractivity contribution in [3.8, 4) is 28.4 Å². The van der Waals surface area contributed by atoms with Crippen LogP contribution in [0.5, 0.6) is 17.2 Å². The van der Waals surface area contributed by atoms with Gasteiger partial charge in [-0.1, -0.05) is 14.0 Å². The second kappa shape index (κ2) is 10.6. The molecule has 4 rings (SSSR count). The molecule has 2 aromatic carbocycles. The van der Waals surface area contributed by atoms with Gasteiger partial charge in [-0.15, -0.1) is 0 Å². The largest absolute Gasteiger partial charge is 0.490 e. The van der Waals surface area contributed by atoms with Crippen LogP contribution in [0.2, 0.25) is 0 Å². The highest BCUT2D eigenvalue weighted by Crippen LogP contribution is 2.35. The first-order valence-electron chi connectivity index (χ1n) is 11.1. The summed E-state index contributed by atoms with van der Waals surface area (Å²) >= 11 is 0. The Morgan fingerprint density at radius 1 is 0.943 bits per heavy atom. The van der Waals surface area contributed by atoms with Crippen molar-refractivity contribution in [3.63, 3.8) is 0 Å². The maximum Gasteiger partial charge on any atom is 0.211 e. The van der Waals surface area contributed by atoms with E-state index in [9.17, 15) is 17.2 Å². The first-order chi connectivity index (χ1) is 16.6. The lowest BCUT2D eigenvalue weighted by Crippen LogP contribution is -2.41. The molecule has 0 aliphatic carbocycles. The van der Waals surface area contributed by atoms with E-state index in [0.717, 1.165) is 23.2 Å². The predicted octanol–water partition coefficient (Wildman–Crippen LogP) is 4.99. The quantitative estimate of drug-likeness (QED) is 0.411. The zero-order valence-corrected chi connectivity index (χ0v) is 21.5. The molecule has 186 valence electrons. The van der Waals surface area contributed by atoms with Gasteiger partial charge < -0.3 is 9.47 Å². The van der Waals surface area contributed by atoms with E-state index in [2.05, 4.69) is 18.3 Å². The predicted molar refractivity (Wildman–Crippen MR) is 135 cm³/mol. The normalized spacial score (nSPS) is 15.4. The van der Waals surface area contributed by atoms with E-state index in [4.69, 9.17) is 9.47 Å². The maximum absolute atomic E-state index is 13.6. The molecule has 1 aromatic heterocycles. The second-order valence-electron chi connectivity index (χ2n) is 8.64. The van der Waals surface area contributed by atoms with Crippen LogP contribution in [0.3, 0.4) is 0 Å². The van der Waals surface area contributed by atoms with Crippen LogP contribution in [0.1, 0.15) is 12.8 Å². The number of hydrogen-bond donors (Lipinski definition) is 0. The first kappa shape index (κ1) is 25.5. The lowest BCUT2D eigenvalue weighted by atomic mass is 10.1. The maximum atomic E-state index is 13.6. The van der Waals surface area contributed by atoms with Crippen molar-refractivity contribution >= 4 is 23.2 Å².